The standard InChI is InChI=1S/C20H33N3O/c1-15(2)23-12-16(3)20(14-23)21-18-6-4-5-17(11-18)13-22-9-7-19(24)8-10-22/h4-6,11,15-16,19-21,24H,7-10,12-14H2,1-3H3. The van der Waals surface area contributed by atoms with Crippen LogP contribution in [0.15, 0.2) is 24.3 Å². The number of anilines is 1. The maximum absolute atomic E-state index is 9.64. The summed E-state index contributed by atoms with van der Waals surface area (Å²) < 4.78 is 0. The highest BCUT2D eigenvalue weighted by atomic mass is 16.3. The lowest BCUT2D eigenvalue weighted by atomic mass is 10.1. The summed E-state index contributed by atoms with van der Waals surface area (Å²) >= 11 is 0. The van der Waals surface area contributed by atoms with Crippen molar-refractivity contribution < 1.29 is 5.11 Å². The minimum Gasteiger partial charge on any atom is -0.393 e. The highest BCUT2D eigenvalue weighted by Crippen LogP contribution is 2.23. The molecule has 0 aliphatic carbocycles. The van der Waals surface area contributed by atoms with Gasteiger partial charge in [-0.3, -0.25) is 9.80 Å². The van der Waals surface area contributed by atoms with Gasteiger partial charge in [0.05, 0.1) is 6.10 Å². The van der Waals surface area contributed by atoms with Crippen LogP contribution < -0.4 is 5.32 Å². The van der Waals surface area contributed by atoms with Gasteiger partial charge in [0.2, 0.25) is 0 Å². The van der Waals surface area contributed by atoms with E-state index < -0.39 is 0 Å². The molecule has 4 heteroatoms. The average Bonchev–Trinajstić information content (AvgIpc) is 2.91. The van der Waals surface area contributed by atoms with Crippen molar-refractivity contribution in [1.29, 1.82) is 0 Å². The first-order valence-electron chi connectivity index (χ1n) is 9.51. The minimum absolute atomic E-state index is 0.0954. The summed E-state index contributed by atoms with van der Waals surface area (Å²) in [6, 6.07) is 10.0. The molecule has 2 aliphatic heterocycles. The monoisotopic (exact) mass is 331 g/mol. The largest absolute Gasteiger partial charge is 0.393 e. The second-order valence-corrected chi connectivity index (χ2v) is 7.98. The van der Waals surface area contributed by atoms with Crippen LogP contribution in [0.3, 0.4) is 0 Å². The van der Waals surface area contributed by atoms with Gasteiger partial charge in [0.1, 0.15) is 0 Å². The Morgan fingerprint density at radius 2 is 1.96 bits per heavy atom. The number of likely N-dealkylation sites (tertiary alicyclic amines) is 2. The third-order valence-corrected chi connectivity index (χ3v) is 5.61. The summed E-state index contributed by atoms with van der Waals surface area (Å²) in [7, 11) is 0. The summed E-state index contributed by atoms with van der Waals surface area (Å²) in [6.45, 7) is 12.2. The molecule has 0 spiro atoms. The Kier molecular flexibility index (Phi) is 5.80. The molecule has 0 saturated carbocycles. The van der Waals surface area contributed by atoms with Gasteiger partial charge in [-0.1, -0.05) is 19.1 Å². The number of piperidine rings is 1. The van der Waals surface area contributed by atoms with Crippen molar-refractivity contribution in [3.8, 4) is 0 Å². The molecule has 0 bridgehead atoms. The topological polar surface area (TPSA) is 38.7 Å². The van der Waals surface area contributed by atoms with E-state index in [1.807, 2.05) is 0 Å². The van der Waals surface area contributed by atoms with Crippen LogP contribution in [-0.2, 0) is 6.54 Å². The number of aliphatic hydroxyl groups excluding tert-OH is 1. The third-order valence-electron chi connectivity index (χ3n) is 5.61. The Morgan fingerprint density at radius 1 is 1.21 bits per heavy atom. The maximum atomic E-state index is 9.64. The van der Waals surface area contributed by atoms with Crippen LogP contribution in [0, 0.1) is 5.92 Å². The van der Waals surface area contributed by atoms with Gasteiger partial charge in [0.15, 0.2) is 0 Å². The van der Waals surface area contributed by atoms with Gasteiger partial charge in [-0.15, -0.1) is 0 Å². The molecular weight excluding hydrogens is 298 g/mol. The number of hydrogen-bond donors (Lipinski definition) is 2. The fraction of sp³-hybridized carbons (Fsp3) is 0.700. The SMILES string of the molecule is CC1CN(C(C)C)CC1Nc1cccc(CN2CCC(O)CC2)c1. The van der Waals surface area contributed by atoms with Crippen molar-refractivity contribution in [3.05, 3.63) is 29.8 Å². The van der Waals surface area contributed by atoms with Gasteiger partial charge in [0, 0.05) is 50.5 Å². The van der Waals surface area contributed by atoms with Gasteiger partial charge in [0.25, 0.3) is 0 Å². The average molecular weight is 332 g/mol. The lowest BCUT2D eigenvalue weighted by Gasteiger charge is -2.29. The van der Waals surface area contributed by atoms with Crippen LogP contribution in [0.25, 0.3) is 0 Å². The van der Waals surface area contributed by atoms with Crippen molar-refractivity contribution in [2.45, 2.75) is 58.3 Å². The molecule has 3 rings (SSSR count). The second kappa shape index (κ2) is 7.85. The zero-order valence-corrected chi connectivity index (χ0v) is 15.4. The number of rotatable bonds is 5. The van der Waals surface area contributed by atoms with Crippen LogP contribution >= 0.6 is 0 Å². The Labute approximate surface area is 146 Å². The molecule has 0 aromatic heterocycles. The van der Waals surface area contributed by atoms with E-state index in [2.05, 4.69) is 60.2 Å². The molecule has 2 saturated heterocycles. The molecule has 2 atom stereocenters. The molecule has 1 aromatic rings. The van der Waals surface area contributed by atoms with Crippen LogP contribution in [0.5, 0.6) is 0 Å². The molecule has 2 unspecified atom stereocenters. The molecule has 0 radical (unpaired) electrons. The number of nitrogens with zero attached hydrogens (tertiary/aromatic N) is 2. The Morgan fingerprint density at radius 3 is 2.62 bits per heavy atom. The zero-order valence-electron chi connectivity index (χ0n) is 15.4. The quantitative estimate of drug-likeness (QED) is 0.870. The molecule has 2 aliphatic rings. The van der Waals surface area contributed by atoms with Gasteiger partial charge < -0.3 is 10.4 Å². The van der Waals surface area contributed by atoms with Crippen LogP contribution in [-0.4, -0.2) is 59.3 Å². The molecular formula is C20H33N3O. The maximum Gasteiger partial charge on any atom is 0.0564 e. The van der Waals surface area contributed by atoms with Gasteiger partial charge in [-0.25, -0.2) is 0 Å². The molecule has 24 heavy (non-hydrogen) atoms. The predicted molar refractivity (Wildman–Crippen MR) is 100 cm³/mol. The zero-order chi connectivity index (χ0) is 17.1. The highest BCUT2D eigenvalue weighted by Gasteiger charge is 2.30. The predicted octanol–water partition coefficient (Wildman–Crippen LogP) is 2.78. The van der Waals surface area contributed by atoms with Crippen molar-refractivity contribution in [2.75, 3.05) is 31.5 Å². The second-order valence-electron chi connectivity index (χ2n) is 7.98. The van der Waals surface area contributed by atoms with Crippen molar-refractivity contribution in [3.63, 3.8) is 0 Å². The summed E-state index contributed by atoms with van der Waals surface area (Å²) in [5.74, 6) is 0.680. The van der Waals surface area contributed by atoms with Gasteiger partial charge in [-0.05, 0) is 50.3 Å². The van der Waals surface area contributed by atoms with Crippen molar-refractivity contribution >= 4 is 5.69 Å². The minimum atomic E-state index is -0.0954. The van der Waals surface area contributed by atoms with E-state index in [0.29, 0.717) is 18.0 Å². The first-order chi connectivity index (χ1) is 11.5. The fourth-order valence-corrected chi connectivity index (χ4v) is 3.92. The third kappa shape index (κ3) is 4.50. The smallest absolute Gasteiger partial charge is 0.0564 e. The molecule has 2 N–H and O–H groups in total. The van der Waals surface area contributed by atoms with E-state index in [0.717, 1.165) is 39.0 Å². The summed E-state index contributed by atoms with van der Waals surface area (Å²) in [5.41, 5.74) is 2.61. The normalized spacial score (nSPS) is 27.0. The summed E-state index contributed by atoms with van der Waals surface area (Å²) in [6.07, 6.45) is 1.72. The summed E-state index contributed by atoms with van der Waals surface area (Å²) in [4.78, 5) is 5.01. The van der Waals surface area contributed by atoms with E-state index in [-0.39, 0.29) is 6.10 Å². The first kappa shape index (κ1) is 17.7. The molecule has 2 fully saturated rings. The van der Waals surface area contributed by atoms with E-state index in [1.165, 1.54) is 17.8 Å². The van der Waals surface area contributed by atoms with Crippen LogP contribution in [0.1, 0.15) is 39.2 Å². The Hall–Kier alpha value is -1.10. The van der Waals surface area contributed by atoms with E-state index in [4.69, 9.17) is 0 Å². The first-order valence-corrected chi connectivity index (χ1v) is 9.51. The lowest BCUT2D eigenvalue weighted by Crippen LogP contribution is -2.35. The van der Waals surface area contributed by atoms with Crippen molar-refractivity contribution in [2.24, 2.45) is 5.92 Å². The van der Waals surface area contributed by atoms with E-state index in [1.54, 1.807) is 0 Å². The number of hydrogen-bond acceptors (Lipinski definition) is 4. The molecule has 4 nitrogen and oxygen atoms in total. The molecule has 0 amide bonds. The number of benzene rings is 1. The van der Waals surface area contributed by atoms with Crippen molar-refractivity contribution in [1.82, 2.24) is 9.80 Å². The Balaban J connectivity index is 1.57. The number of nitrogens with one attached hydrogen (secondary N) is 1. The van der Waals surface area contributed by atoms with Crippen LogP contribution in [0.4, 0.5) is 5.69 Å². The summed E-state index contributed by atoms with van der Waals surface area (Å²) in [5, 5.41) is 13.4. The molecule has 1 aromatic carbocycles. The van der Waals surface area contributed by atoms with E-state index in [9.17, 15) is 5.11 Å². The van der Waals surface area contributed by atoms with Gasteiger partial charge in [-0.2, -0.15) is 0 Å². The van der Waals surface area contributed by atoms with E-state index >= 15 is 0 Å². The Bertz CT molecular complexity index is 525. The highest BCUT2D eigenvalue weighted by molar-refractivity contribution is 5.47. The van der Waals surface area contributed by atoms with Crippen LogP contribution in [0.2, 0.25) is 0 Å². The lowest BCUT2D eigenvalue weighted by molar-refractivity contribution is 0.0792. The van der Waals surface area contributed by atoms with Gasteiger partial charge >= 0.3 is 0 Å². The fourth-order valence-electron chi connectivity index (χ4n) is 3.92. The molecule has 2 heterocycles. The number of aliphatic hydroxyl groups is 1. The molecule has 134 valence electrons.